The fourth-order valence-electron chi connectivity index (χ4n) is 2.14. The van der Waals surface area contributed by atoms with Crippen LogP contribution in [0, 0.1) is 5.41 Å². The van der Waals surface area contributed by atoms with Gasteiger partial charge in [-0.2, -0.15) is 4.98 Å². The Bertz CT molecular complexity index is 419. The summed E-state index contributed by atoms with van der Waals surface area (Å²) >= 11 is 0. The van der Waals surface area contributed by atoms with Crippen molar-refractivity contribution in [1.82, 2.24) is 10.1 Å². The van der Waals surface area contributed by atoms with Crippen molar-refractivity contribution in [2.75, 3.05) is 20.3 Å². The lowest BCUT2D eigenvalue weighted by Gasteiger charge is -2.32. The molecule has 1 aromatic heterocycles. The van der Waals surface area contributed by atoms with Crippen molar-refractivity contribution in [1.29, 1.82) is 0 Å². The van der Waals surface area contributed by atoms with Crippen molar-refractivity contribution in [3.8, 4) is 0 Å². The summed E-state index contributed by atoms with van der Waals surface area (Å²) in [6.45, 7) is 7.41. The summed E-state index contributed by atoms with van der Waals surface area (Å²) in [6, 6.07) is -0.289. The summed E-state index contributed by atoms with van der Waals surface area (Å²) in [5, 5.41) is 4.07. The predicted molar refractivity (Wildman–Crippen MR) is 69.4 cm³/mol. The molecule has 19 heavy (non-hydrogen) atoms. The van der Waals surface area contributed by atoms with E-state index in [1.54, 1.807) is 7.11 Å². The van der Waals surface area contributed by atoms with E-state index in [1.807, 2.05) is 20.8 Å². The molecule has 0 aliphatic carbocycles. The summed E-state index contributed by atoms with van der Waals surface area (Å²) in [6.07, 6.45) is 1.46. The molecule has 2 heterocycles. The Balaban J connectivity index is 2.24. The van der Waals surface area contributed by atoms with Crippen LogP contribution in [0.15, 0.2) is 4.52 Å². The monoisotopic (exact) mass is 269 g/mol. The second kappa shape index (κ2) is 5.19. The van der Waals surface area contributed by atoms with E-state index in [0.29, 0.717) is 24.9 Å². The lowest BCUT2D eigenvalue weighted by Crippen LogP contribution is -2.36. The first-order chi connectivity index (χ1) is 8.89. The summed E-state index contributed by atoms with van der Waals surface area (Å²) in [5.41, 5.74) is 5.51. The molecule has 1 aliphatic rings. The van der Waals surface area contributed by atoms with Gasteiger partial charge < -0.3 is 19.7 Å². The van der Waals surface area contributed by atoms with Crippen molar-refractivity contribution in [3.05, 3.63) is 11.7 Å². The second-order valence-corrected chi connectivity index (χ2v) is 6.11. The Hall–Kier alpha value is -0.980. The molecule has 0 spiro atoms. The van der Waals surface area contributed by atoms with Gasteiger partial charge in [0, 0.05) is 33.2 Å². The van der Waals surface area contributed by atoms with Gasteiger partial charge in [0.15, 0.2) is 0 Å². The minimum absolute atomic E-state index is 0.125. The standard InChI is InChI=1S/C13H23N3O3/c1-12(2,3)9(14)10-15-11(16-19-10)13(17-4)5-7-18-8-6-13/h9H,5-8,14H2,1-4H3/t9-/m0/s1. The highest BCUT2D eigenvalue weighted by atomic mass is 16.5. The number of methoxy groups -OCH3 is 1. The third kappa shape index (κ3) is 2.80. The summed E-state index contributed by atoms with van der Waals surface area (Å²) in [4.78, 5) is 4.46. The molecule has 1 aromatic rings. The van der Waals surface area contributed by atoms with E-state index in [0.717, 1.165) is 12.8 Å². The molecule has 6 heteroatoms. The number of ether oxygens (including phenoxy) is 2. The lowest BCUT2D eigenvalue weighted by molar-refractivity contribution is -0.101. The van der Waals surface area contributed by atoms with Gasteiger partial charge in [-0.25, -0.2) is 0 Å². The van der Waals surface area contributed by atoms with E-state index >= 15 is 0 Å². The molecule has 0 radical (unpaired) electrons. The minimum atomic E-state index is -0.502. The number of hydrogen-bond donors (Lipinski definition) is 1. The van der Waals surface area contributed by atoms with Crippen LogP contribution in [0.1, 0.15) is 51.4 Å². The van der Waals surface area contributed by atoms with Gasteiger partial charge in [-0.15, -0.1) is 0 Å². The van der Waals surface area contributed by atoms with Crippen LogP contribution < -0.4 is 5.73 Å². The first-order valence-electron chi connectivity index (χ1n) is 6.62. The Morgan fingerprint density at radius 1 is 1.32 bits per heavy atom. The summed E-state index contributed by atoms with van der Waals surface area (Å²) in [7, 11) is 1.67. The molecule has 0 unspecified atom stereocenters. The van der Waals surface area contributed by atoms with E-state index in [1.165, 1.54) is 0 Å². The smallest absolute Gasteiger partial charge is 0.244 e. The fourth-order valence-corrected chi connectivity index (χ4v) is 2.14. The van der Waals surface area contributed by atoms with E-state index in [9.17, 15) is 0 Å². The molecule has 0 aromatic carbocycles. The van der Waals surface area contributed by atoms with Crippen LogP contribution in [0.4, 0.5) is 0 Å². The predicted octanol–water partition coefficient (Wildman–Crippen LogP) is 1.77. The van der Waals surface area contributed by atoms with Gasteiger partial charge in [0.05, 0.1) is 6.04 Å². The number of rotatable bonds is 3. The van der Waals surface area contributed by atoms with Crippen LogP contribution in [0.5, 0.6) is 0 Å². The highest BCUT2D eigenvalue weighted by Crippen LogP contribution is 2.35. The maximum Gasteiger partial charge on any atom is 0.244 e. The highest BCUT2D eigenvalue weighted by molar-refractivity contribution is 5.05. The van der Waals surface area contributed by atoms with Gasteiger partial charge in [-0.1, -0.05) is 25.9 Å². The molecular weight excluding hydrogens is 246 g/mol. The van der Waals surface area contributed by atoms with Crippen LogP contribution in [-0.4, -0.2) is 30.5 Å². The zero-order valence-corrected chi connectivity index (χ0v) is 12.1. The van der Waals surface area contributed by atoms with Crippen LogP contribution in [0.3, 0.4) is 0 Å². The molecule has 108 valence electrons. The van der Waals surface area contributed by atoms with E-state index in [4.69, 9.17) is 19.7 Å². The average Bonchev–Trinajstić information content (AvgIpc) is 2.87. The van der Waals surface area contributed by atoms with Crippen LogP contribution in [0.25, 0.3) is 0 Å². The highest BCUT2D eigenvalue weighted by Gasteiger charge is 2.40. The molecule has 6 nitrogen and oxygen atoms in total. The summed E-state index contributed by atoms with van der Waals surface area (Å²) in [5.74, 6) is 1.04. The topological polar surface area (TPSA) is 83.4 Å². The van der Waals surface area contributed by atoms with Crippen molar-refractivity contribution >= 4 is 0 Å². The molecule has 0 bridgehead atoms. The third-order valence-electron chi connectivity index (χ3n) is 3.74. The molecule has 1 saturated heterocycles. The maximum absolute atomic E-state index is 6.14. The SMILES string of the molecule is COC1(c2noc([C@H](N)C(C)(C)C)n2)CCOCC1. The van der Waals surface area contributed by atoms with E-state index in [-0.39, 0.29) is 11.5 Å². The van der Waals surface area contributed by atoms with Gasteiger partial charge in [0.1, 0.15) is 5.60 Å². The van der Waals surface area contributed by atoms with Crippen LogP contribution >= 0.6 is 0 Å². The van der Waals surface area contributed by atoms with Gasteiger partial charge in [0.25, 0.3) is 0 Å². The number of aromatic nitrogens is 2. The van der Waals surface area contributed by atoms with Gasteiger partial charge in [-0.05, 0) is 5.41 Å². The quantitative estimate of drug-likeness (QED) is 0.900. The Morgan fingerprint density at radius 2 is 1.95 bits per heavy atom. The molecule has 2 N–H and O–H groups in total. The van der Waals surface area contributed by atoms with Gasteiger partial charge >= 0.3 is 0 Å². The molecule has 1 atom stereocenters. The summed E-state index contributed by atoms with van der Waals surface area (Å²) < 4.78 is 16.3. The molecule has 0 amide bonds. The van der Waals surface area contributed by atoms with E-state index < -0.39 is 5.60 Å². The maximum atomic E-state index is 6.14. The Kier molecular flexibility index (Phi) is 3.94. The van der Waals surface area contributed by atoms with Crippen LogP contribution in [0.2, 0.25) is 0 Å². The normalized spacial score (nSPS) is 21.3. The Morgan fingerprint density at radius 3 is 2.47 bits per heavy atom. The van der Waals surface area contributed by atoms with Crippen molar-refractivity contribution in [3.63, 3.8) is 0 Å². The lowest BCUT2D eigenvalue weighted by atomic mass is 9.87. The molecule has 0 saturated carbocycles. The number of nitrogens with two attached hydrogens (primary N) is 1. The second-order valence-electron chi connectivity index (χ2n) is 6.11. The van der Waals surface area contributed by atoms with Gasteiger partial charge in [0.2, 0.25) is 11.7 Å². The number of nitrogens with zero attached hydrogens (tertiary/aromatic N) is 2. The van der Waals surface area contributed by atoms with Crippen molar-refractivity contribution < 1.29 is 14.0 Å². The molecule has 1 aliphatic heterocycles. The average molecular weight is 269 g/mol. The third-order valence-corrected chi connectivity index (χ3v) is 3.74. The molecule has 2 rings (SSSR count). The van der Waals surface area contributed by atoms with E-state index in [2.05, 4.69) is 10.1 Å². The van der Waals surface area contributed by atoms with Crippen molar-refractivity contribution in [2.45, 2.75) is 45.3 Å². The number of hydrogen-bond acceptors (Lipinski definition) is 6. The first-order valence-corrected chi connectivity index (χ1v) is 6.62. The first kappa shape index (κ1) is 14.4. The van der Waals surface area contributed by atoms with Crippen molar-refractivity contribution in [2.24, 2.45) is 11.1 Å². The zero-order valence-electron chi connectivity index (χ0n) is 12.1. The minimum Gasteiger partial charge on any atom is -0.381 e. The largest absolute Gasteiger partial charge is 0.381 e. The van der Waals surface area contributed by atoms with Gasteiger partial charge in [-0.3, -0.25) is 0 Å². The van der Waals surface area contributed by atoms with Crippen LogP contribution in [-0.2, 0) is 15.1 Å². The molecule has 1 fully saturated rings. The zero-order chi connectivity index (χ0) is 14.1. The fraction of sp³-hybridized carbons (Fsp3) is 0.846. The molecular formula is C13H23N3O3. The Labute approximate surface area is 113 Å².